The highest BCUT2D eigenvalue weighted by molar-refractivity contribution is 7.03. The molecule has 0 atom stereocenters. The van der Waals surface area contributed by atoms with Crippen molar-refractivity contribution in [3.8, 4) is 0 Å². The number of rotatable bonds is 2. The van der Waals surface area contributed by atoms with Gasteiger partial charge in [-0.25, -0.2) is 0 Å². The molecule has 0 spiro atoms. The molecule has 0 saturated heterocycles. The van der Waals surface area contributed by atoms with Gasteiger partial charge in [0.1, 0.15) is 0 Å². The van der Waals surface area contributed by atoms with E-state index in [1.165, 1.54) is 17.1 Å². The van der Waals surface area contributed by atoms with Gasteiger partial charge in [-0.05, 0) is 17.1 Å². The van der Waals surface area contributed by atoms with E-state index in [0.29, 0.717) is 0 Å². The van der Waals surface area contributed by atoms with Crippen molar-refractivity contribution in [1.29, 1.82) is 0 Å². The molecule has 14 heavy (non-hydrogen) atoms. The van der Waals surface area contributed by atoms with Crippen molar-refractivity contribution >= 4 is 23.9 Å². The van der Waals surface area contributed by atoms with E-state index in [2.05, 4.69) is 12.1 Å². The van der Waals surface area contributed by atoms with Crippen LogP contribution in [0.25, 0.3) is 0 Å². The second kappa shape index (κ2) is 4.98. The molecule has 1 aromatic heterocycles. The quantitative estimate of drug-likeness (QED) is 0.772. The van der Waals surface area contributed by atoms with Crippen molar-refractivity contribution in [2.45, 2.75) is 6.54 Å². The third-order valence-corrected chi connectivity index (χ3v) is 2.57. The zero-order chi connectivity index (χ0) is 9.10. The van der Waals surface area contributed by atoms with Gasteiger partial charge in [-0.15, -0.1) is 12.4 Å². The Labute approximate surface area is 92.4 Å². The number of hydrogen-bond acceptors (Lipinski definition) is 2. The van der Waals surface area contributed by atoms with Crippen LogP contribution in [-0.4, -0.2) is 3.96 Å². The minimum Gasteiger partial charge on any atom is -0.298 e. The van der Waals surface area contributed by atoms with Crippen molar-refractivity contribution in [2.75, 3.05) is 0 Å². The summed E-state index contributed by atoms with van der Waals surface area (Å²) in [6, 6.07) is 11.7. The summed E-state index contributed by atoms with van der Waals surface area (Å²) in [7, 11) is 0. The fourth-order valence-corrected chi connectivity index (χ4v) is 1.86. The summed E-state index contributed by atoms with van der Waals surface area (Å²) in [5, 5.41) is 0. The van der Waals surface area contributed by atoms with E-state index in [0.717, 1.165) is 6.54 Å². The molecule has 1 heterocycles. The Kier molecular flexibility index (Phi) is 3.92. The first-order valence-electron chi connectivity index (χ1n) is 4.05. The van der Waals surface area contributed by atoms with Gasteiger partial charge < -0.3 is 0 Å². The monoisotopic (exact) mass is 227 g/mol. The molecule has 0 aliphatic heterocycles. The van der Waals surface area contributed by atoms with Crippen molar-refractivity contribution < 1.29 is 0 Å². The second-order valence-corrected chi connectivity index (χ2v) is 3.84. The highest BCUT2D eigenvalue weighted by atomic mass is 35.5. The van der Waals surface area contributed by atoms with E-state index in [9.17, 15) is 4.79 Å². The summed E-state index contributed by atoms with van der Waals surface area (Å²) in [5.74, 6) is 0. The third-order valence-electron chi connectivity index (χ3n) is 1.77. The van der Waals surface area contributed by atoms with Crippen molar-refractivity contribution in [2.24, 2.45) is 0 Å². The molecule has 4 heteroatoms. The van der Waals surface area contributed by atoms with Crippen LogP contribution in [0.3, 0.4) is 0 Å². The first-order chi connectivity index (χ1) is 6.34. The van der Waals surface area contributed by atoms with Crippen LogP contribution in [0, 0.1) is 0 Å². The molecule has 0 unspecified atom stereocenters. The Morgan fingerprint density at radius 1 is 1.14 bits per heavy atom. The van der Waals surface area contributed by atoms with Gasteiger partial charge in [0.05, 0.1) is 6.54 Å². The molecule has 2 nitrogen and oxygen atoms in total. The Bertz CT molecular complexity index is 435. The smallest absolute Gasteiger partial charge is 0.249 e. The maximum atomic E-state index is 10.9. The van der Waals surface area contributed by atoms with E-state index in [-0.39, 0.29) is 17.1 Å². The van der Waals surface area contributed by atoms with E-state index < -0.39 is 0 Å². The summed E-state index contributed by atoms with van der Waals surface area (Å²) >= 11 is 1.24. The zero-order valence-corrected chi connectivity index (χ0v) is 9.05. The van der Waals surface area contributed by atoms with Crippen LogP contribution in [0.2, 0.25) is 0 Å². The first-order valence-corrected chi connectivity index (χ1v) is 4.82. The van der Waals surface area contributed by atoms with E-state index >= 15 is 0 Å². The van der Waals surface area contributed by atoms with Gasteiger partial charge in [0.2, 0.25) is 4.74 Å². The molecule has 2 aromatic rings. The van der Waals surface area contributed by atoms with Crippen LogP contribution in [-0.2, 0) is 6.54 Å². The zero-order valence-electron chi connectivity index (χ0n) is 7.42. The maximum Gasteiger partial charge on any atom is 0.249 e. The second-order valence-electron chi connectivity index (χ2n) is 2.79. The van der Waals surface area contributed by atoms with Crippen LogP contribution < -0.4 is 4.74 Å². The topological polar surface area (TPSA) is 22.0 Å². The lowest BCUT2D eigenvalue weighted by atomic mass is 10.2. The average Bonchev–Trinajstić information content (AvgIpc) is 2.53. The minimum atomic E-state index is 0. The number of halogens is 1. The van der Waals surface area contributed by atoms with Crippen molar-refractivity contribution in [3.63, 3.8) is 0 Å². The summed E-state index contributed by atoms with van der Waals surface area (Å²) < 4.78 is 2.04. The minimum absolute atomic E-state index is 0. The lowest BCUT2D eigenvalue weighted by molar-refractivity contribution is 0.882. The van der Waals surface area contributed by atoms with Gasteiger partial charge in [-0.2, -0.15) is 0 Å². The van der Waals surface area contributed by atoms with Gasteiger partial charge >= 0.3 is 0 Å². The van der Waals surface area contributed by atoms with E-state index in [1.54, 1.807) is 6.07 Å². The largest absolute Gasteiger partial charge is 0.298 e. The number of aromatic nitrogens is 1. The third kappa shape index (κ3) is 2.72. The highest BCUT2D eigenvalue weighted by Gasteiger charge is 1.94. The van der Waals surface area contributed by atoms with Crippen LogP contribution in [0.5, 0.6) is 0 Å². The van der Waals surface area contributed by atoms with Crippen LogP contribution in [0.1, 0.15) is 5.56 Å². The molecular weight excluding hydrogens is 218 g/mol. The van der Waals surface area contributed by atoms with Gasteiger partial charge in [0.25, 0.3) is 0 Å². The lowest BCUT2D eigenvalue weighted by Crippen LogP contribution is -1.93. The highest BCUT2D eigenvalue weighted by Crippen LogP contribution is 2.03. The molecule has 0 N–H and O–H groups in total. The van der Waals surface area contributed by atoms with E-state index in [4.69, 9.17) is 0 Å². The van der Waals surface area contributed by atoms with E-state index in [1.807, 2.05) is 28.4 Å². The summed E-state index contributed by atoms with van der Waals surface area (Å²) in [6.07, 6.45) is 1.82. The Balaban J connectivity index is 0.000000980. The number of benzene rings is 1. The van der Waals surface area contributed by atoms with Crippen molar-refractivity contribution in [1.82, 2.24) is 3.96 Å². The van der Waals surface area contributed by atoms with Gasteiger partial charge in [-0.1, -0.05) is 30.3 Å². The fourth-order valence-electron chi connectivity index (χ4n) is 1.17. The summed E-state index contributed by atoms with van der Waals surface area (Å²) in [4.78, 5) is 10.9. The van der Waals surface area contributed by atoms with Crippen LogP contribution in [0.15, 0.2) is 47.4 Å². The molecule has 0 bridgehead atoms. The SMILES string of the molecule is Cl.O=c1ccn(Cc2ccccc2)s1. The molecular formula is C10H10ClNOS. The Morgan fingerprint density at radius 3 is 2.43 bits per heavy atom. The molecule has 0 aliphatic rings. The maximum absolute atomic E-state index is 10.9. The normalized spacial score (nSPS) is 9.43. The lowest BCUT2D eigenvalue weighted by Gasteiger charge is -1.99. The molecule has 74 valence electrons. The molecule has 0 fully saturated rings. The number of hydrogen-bond donors (Lipinski definition) is 0. The molecule has 0 saturated carbocycles. The summed E-state index contributed by atoms with van der Waals surface area (Å²) in [6.45, 7) is 0.785. The molecule has 2 rings (SSSR count). The summed E-state index contributed by atoms with van der Waals surface area (Å²) in [5.41, 5.74) is 1.22. The van der Waals surface area contributed by atoms with Crippen molar-refractivity contribution in [3.05, 3.63) is 57.7 Å². The first kappa shape index (κ1) is 11.0. The van der Waals surface area contributed by atoms with Gasteiger partial charge in [0, 0.05) is 12.3 Å². The molecule has 0 amide bonds. The predicted octanol–water partition coefficient (Wildman–Crippen LogP) is 2.38. The molecule has 0 radical (unpaired) electrons. The standard InChI is InChI=1S/C10H9NOS.ClH/c12-10-6-7-11(13-10)8-9-4-2-1-3-5-9;/h1-7H,8H2;1H. The Morgan fingerprint density at radius 2 is 1.86 bits per heavy atom. The van der Waals surface area contributed by atoms with Gasteiger partial charge in [0.15, 0.2) is 0 Å². The number of nitrogens with zero attached hydrogens (tertiary/aromatic N) is 1. The Hall–Kier alpha value is -1.06. The fraction of sp³-hybridized carbons (Fsp3) is 0.100. The van der Waals surface area contributed by atoms with Crippen LogP contribution in [0.4, 0.5) is 0 Å². The average molecular weight is 228 g/mol. The van der Waals surface area contributed by atoms with Gasteiger partial charge in [-0.3, -0.25) is 8.75 Å². The van der Waals surface area contributed by atoms with Crippen LogP contribution >= 0.6 is 23.9 Å². The molecule has 1 aromatic carbocycles. The molecule has 0 aliphatic carbocycles. The predicted molar refractivity (Wildman–Crippen MR) is 61.4 cm³/mol.